The normalized spacial score (nSPS) is 18.2. The molecular weight excluding hydrogens is 256 g/mol. The van der Waals surface area contributed by atoms with Crippen LogP contribution in [0, 0.1) is 0 Å². The Hall–Kier alpha value is -2.04. The van der Waals surface area contributed by atoms with Gasteiger partial charge in [0.05, 0.1) is 13.2 Å². The SMILES string of the molecule is CCCC(=O)N[C@H]1CC(=O)N(c2cccc(OC)c2)C1. The summed E-state index contributed by atoms with van der Waals surface area (Å²) in [5, 5.41) is 2.91. The first-order valence-electron chi connectivity index (χ1n) is 6.87. The molecule has 1 aliphatic heterocycles. The molecule has 0 bridgehead atoms. The molecule has 0 aromatic heterocycles. The van der Waals surface area contributed by atoms with Gasteiger partial charge in [0.2, 0.25) is 11.8 Å². The highest BCUT2D eigenvalue weighted by Gasteiger charge is 2.31. The number of nitrogens with zero attached hydrogens (tertiary/aromatic N) is 1. The van der Waals surface area contributed by atoms with Gasteiger partial charge < -0.3 is 15.0 Å². The molecule has 1 aliphatic rings. The van der Waals surface area contributed by atoms with Crippen molar-refractivity contribution in [1.82, 2.24) is 5.32 Å². The summed E-state index contributed by atoms with van der Waals surface area (Å²) in [6, 6.07) is 7.28. The fourth-order valence-electron chi connectivity index (χ4n) is 2.36. The first kappa shape index (κ1) is 14.4. The van der Waals surface area contributed by atoms with Crippen molar-refractivity contribution >= 4 is 17.5 Å². The van der Waals surface area contributed by atoms with Gasteiger partial charge >= 0.3 is 0 Å². The molecule has 1 heterocycles. The van der Waals surface area contributed by atoms with Crippen molar-refractivity contribution in [2.45, 2.75) is 32.2 Å². The summed E-state index contributed by atoms with van der Waals surface area (Å²) in [5.74, 6) is 0.756. The van der Waals surface area contributed by atoms with Crippen molar-refractivity contribution in [2.75, 3.05) is 18.6 Å². The average Bonchev–Trinajstić information content (AvgIpc) is 2.79. The van der Waals surface area contributed by atoms with Gasteiger partial charge in [-0.3, -0.25) is 9.59 Å². The molecule has 1 aromatic rings. The van der Waals surface area contributed by atoms with E-state index >= 15 is 0 Å². The van der Waals surface area contributed by atoms with Gasteiger partial charge in [-0.1, -0.05) is 13.0 Å². The first-order chi connectivity index (χ1) is 9.63. The fourth-order valence-corrected chi connectivity index (χ4v) is 2.36. The van der Waals surface area contributed by atoms with Gasteiger partial charge in [-0.2, -0.15) is 0 Å². The molecule has 5 nitrogen and oxygen atoms in total. The van der Waals surface area contributed by atoms with Crippen LogP contribution in [0.4, 0.5) is 5.69 Å². The van der Waals surface area contributed by atoms with Gasteiger partial charge in [-0.15, -0.1) is 0 Å². The van der Waals surface area contributed by atoms with E-state index in [9.17, 15) is 9.59 Å². The minimum Gasteiger partial charge on any atom is -0.497 e. The van der Waals surface area contributed by atoms with Crippen LogP contribution in [0.2, 0.25) is 0 Å². The molecular formula is C15H20N2O3. The summed E-state index contributed by atoms with van der Waals surface area (Å²) >= 11 is 0. The number of nitrogens with one attached hydrogen (secondary N) is 1. The minimum absolute atomic E-state index is 0.0118. The van der Waals surface area contributed by atoms with Crippen LogP contribution in [0.5, 0.6) is 5.75 Å². The van der Waals surface area contributed by atoms with E-state index < -0.39 is 0 Å². The Morgan fingerprint density at radius 1 is 1.50 bits per heavy atom. The van der Waals surface area contributed by atoms with E-state index in [2.05, 4.69) is 5.32 Å². The highest BCUT2D eigenvalue weighted by Crippen LogP contribution is 2.25. The largest absolute Gasteiger partial charge is 0.497 e. The maximum atomic E-state index is 12.1. The van der Waals surface area contributed by atoms with Crippen LogP contribution >= 0.6 is 0 Å². The maximum Gasteiger partial charge on any atom is 0.229 e. The smallest absolute Gasteiger partial charge is 0.229 e. The molecule has 1 N–H and O–H groups in total. The molecule has 1 aromatic carbocycles. The van der Waals surface area contributed by atoms with E-state index in [1.165, 1.54) is 0 Å². The predicted octanol–water partition coefficient (Wildman–Crippen LogP) is 1.72. The Kier molecular flexibility index (Phi) is 4.61. The lowest BCUT2D eigenvalue weighted by molar-refractivity contribution is -0.121. The Morgan fingerprint density at radius 3 is 3.00 bits per heavy atom. The van der Waals surface area contributed by atoms with E-state index in [-0.39, 0.29) is 17.9 Å². The van der Waals surface area contributed by atoms with Crippen LogP contribution in [-0.2, 0) is 9.59 Å². The van der Waals surface area contributed by atoms with Crippen molar-refractivity contribution in [2.24, 2.45) is 0 Å². The summed E-state index contributed by atoms with van der Waals surface area (Å²) in [7, 11) is 1.60. The van der Waals surface area contributed by atoms with Gasteiger partial charge in [0, 0.05) is 31.1 Å². The van der Waals surface area contributed by atoms with Gasteiger partial charge in [0.25, 0.3) is 0 Å². The molecule has 1 atom stereocenters. The van der Waals surface area contributed by atoms with Crippen molar-refractivity contribution in [3.63, 3.8) is 0 Å². The van der Waals surface area contributed by atoms with Crippen molar-refractivity contribution < 1.29 is 14.3 Å². The van der Waals surface area contributed by atoms with E-state index in [0.29, 0.717) is 25.1 Å². The van der Waals surface area contributed by atoms with Crippen LogP contribution in [0.25, 0.3) is 0 Å². The van der Waals surface area contributed by atoms with Crippen molar-refractivity contribution in [1.29, 1.82) is 0 Å². The lowest BCUT2D eigenvalue weighted by atomic mass is 10.2. The number of carbonyl (C=O) groups is 2. The summed E-state index contributed by atoms with van der Waals surface area (Å²) < 4.78 is 5.17. The number of hydrogen-bond donors (Lipinski definition) is 1. The van der Waals surface area contributed by atoms with E-state index in [1.54, 1.807) is 12.0 Å². The monoisotopic (exact) mass is 276 g/mol. The molecule has 2 amide bonds. The molecule has 1 saturated heterocycles. The topological polar surface area (TPSA) is 58.6 Å². The standard InChI is InChI=1S/C15H20N2O3/c1-3-5-14(18)16-11-8-15(19)17(10-11)12-6-4-7-13(9-12)20-2/h4,6-7,9,11H,3,5,8,10H2,1-2H3,(H,16,18)/t11-/m0/s1. The zero-order chi connectivity index (χ0) is 14.5. The Bertz CT molecular complexity index is 502. The Balaban J connectivity index is 2.03. The molecule has 108 valence electrons. The summed E-state index contributed by atoms with van der Waals surface area (Å²) in [5.41, 5.74) is 0.807. The molecule has 0 aliphatic carbocycles. The van der Waals surface area contributed by atoms with Crippen LogP contribution in [-0.4, -0.2) is 31.5 Å². The maximum absolute atomic E-state index is 12.1. The number of carbonyl (C=O) groups excluding carboxylic acids is 2. The number of anilines is 1. The minimum atomic E-state index is -0.104. The first-order valence-corrected chi connectivity index (χ1v) is 6.87. The van der Waals surface area contributed by atoms with Crippen LogP contribution in [0.1, 0.15) is 26.2 Å². The quantitative estimate of drug-likeness (QED) is 0.890. The predicted molar refractivity (Wildman–Crippen MR) is 76.8 cm³/mol. The van der Waals surface area contributed by atoms with Gasteiger partial charge in [-0.05, 0) is 18.6 Å². The summed E-state index contributed by atoms with van der Waals surface area (Å²) in [4.78, 5) is 25.3. The van der Waals surface area contributed by atoms with Gasteiger partial charge in [0.1, 0.15) is 5.75 Å². The number of ether oxygens (including phenoxy) is 1. The van der Waals surface area contributed by atoms with E-state index in [1.807, 2.05) is 31.2 Å². The third-order valence-corrected chi connectivity index (χ3v) is 3.33. The zero-order valence-electron chi connectivity index (χ0n) is 11.9. The Labute approximate surface area is 118 Å². The third kappa shape index (κ3) is 3.29. The molecule has 1 fully saturated rings. The second kappa shape index (κ2) is 6.41. The van der Waals surface area contributed by atoms with E-state index in [4.69, 9.17) is 4.74 Å². The second-order valence-corrected chi connectivity index (χ2v) is 4.92. The molecule has 0 spiro atoms. The van der Waals surface area contributed by atoms with Crippen molar-refractivity contribution in [3.05, 3.63) is 24.3 Å². The number of amides is 2. The molecule has 0 unspecified atom stereocenters. The molecule has 0 saturated carbocycles. The fraction of sp³-hybridized carbons (Fsp3) is 0.467. The molecule has 5 heteroatoms. The highest BCUT2D eigenvalue weighted by molar-refractivity contribution is 5.97. The highest BCUT2D eigenvalue weighted by atomic mass is 16.5. The summed E-state index contributed by atoms with van der Waals surface area (Å²) in [6.07, 6.45) is 1.67. The van der Waals surface area contributed by atoms with Crippen LogP contribution < -0.4 is 15.0 Å². The number of methoxy groups -OCH3 is 1. The number of hydrogen-bond acceptors (Lipinski definition) is 3. The second-order valence-electron chi connectivity index (χ2n) is 4.92. The number of rotatable bonds is 5. The third-order valence-electron chi connectivity index (χ3n) is 3.33. The molecule has 2 rings (SSSR count). The lowest BCUT2D eigenvalue weighted by Gasteiger charge is -2.18. The van der Waals surface area contributed by atoms with Gasteiger partial charge in [-0.25, -0.2) is 0 Å². The Morgan fingerprint density at radius 2 is 2.30 bits per heavy atom. The molecule has 0 radical (unpaired) electrons. The number of benzene rings is 1. The lowest BCUT2D eigenvalue weighted by Crippen LogP contribution is -2.36. The van der Waals surface area contributed by atoms with E-state index in [0.717, 1.165) is 12.1 Å². The molecule has 20 heavy (non-hydrogen) atoms. The van der Waals surface area contributed by atoms with Crippen molar-refractivity contribution in [3.8, 4) is 5.75 Å². The summed E-state index contributed by atoms with van der Waals surface area (Å²) in [6.45, 7) is 2.48. The zero-order valence-corrected chi connectivity index (χ0v) is 11.9. The average molecular weight is 276 g/mol. The van der Waals surface area contributed by atoms with Crippen LogP contribution in [0.3, 0.4) is 0 Å². The van der Waals surface area contributed by atoms with Crippen LogP contribution in [0.15, 0.2) is 24.3 Å². The van der Waals surface area contributed by atoms with Gasteiger partial charge in [0.15, 0.2) is 0 Å².